The summed E-state index contributed by atoms with van der Waals surface area (Å²) in [6, 6.07) is 0. The van der Waals surface area contributed by atoms with E-state index in [2.05, 4.69) is 0 Å². The molecule has 0 atom stereocenters. The molecule has 0 aliphatic carbocycles. The molecule has 1 heterocycles. The van der Waals surface area contributed by atoms with E-state index in [9.17, 15) is 18.0 Å². The van der Waals surface area contributed by atoms with Crippen LogP contribution in [0.1, 0.15) is 12.8 Å². The minimum atomic E-state index is -4.67. The maximum atomic E-state index is 10.6. The number of carbonyl (C=O) groups is 2. The van der Waals surface area contributed by atoms with Crippen molar-refractivity contribution in [1.29, 1.82) is 0 Å². The summed E-state index contributed by atoms with van der Waals surface area (Å²) in [5.41, 5.74) is 0. The van der Waals surface area contributed by atoms with Crippen molar-refractivity contribution in [3.63, 3.8) is 0 Å². The van der Waals surface area contributed by atoms with Crippen molar-refractivity contribution < 1.29 is 22.6 Å². The number of hydrogen-bond donors (Lipinski definition) is 1. The third-order valence-electron chi connectivity index (χ3n) is 1.24. The molecule has 1 rings (SSSR count). The molecule has 0 aromatic heterocycles. The Bertz CT molecular complexity index is 293. The molecule has 12 heavy (non-hydrogen) atoms. The van der Waals surface area contributed by atoms with E-state index in [0.717, 1.165) is 0 Å². The van der Waals surface area contributed by atoms with E-state index in [4.69, 9.17) is 4.55 Å². The number of nitrogens with zero attached hydrogens (tertiary/aromatic N) is 1. The van der Waals surface area contributed by atoms with Crippen LogP contribution < -0.4 is 0 Å². The zero-order valence-corrected chi connectivity index (χ0v) is 6.17. The molecule has 0 unspecified atom stereocenters. The molecule has 0 aromatic rings. The predicted molar refractivity (Wildman–Crippen MR) is 39.8 cm³/mol. The van der Waals surface area contributed by atoms with Gasteiger partial charge in [-0.3, -0.25) is 14.1 Å². The molecular formula is C4H6NNaO5S. The Morgan fingerprint density at radius 3 is 1.67 bits per heavy atom. The van der Waals surface area contributed by atoms with Gasteiger partial charge in [0, 0.05) is 12.8 Å². The van der Waals surface area contributed by atoms with Gasteiger partial charge in [-0.1, -0.05) is 0 Å². The third kappa shape index (κ3) is 2.27. The Labute approximate surface area is 91.1 Å². The van der Waals surface area contributed by atoms with E-state index in [1.54, 1.807) is 0 Å². The van der Waals surface area contributed by atoms with Gasteiger partial charge in [-0.2, -0.15) is 12.7 Å². The second-order valence-electron chi connectivity index (χ2n) is 2.03. The summed E-state index contributed by atoms with van der Waals surface area (Å²) in [5.74, 6) is -1.75. The fourth-order valence-corrected chi connectivity index (χ4v) is 1.51. The minimum absolute atomic E-state index is 0. The Kier molecular flexibility index (Phi) is 3.86. The summed E-state index contributed by atoms with van der Waals surface area (Å²) >= 11 is 0. The predicted octanol–water partition coefficient (Wildman–Crippen LogP) is -1.71. The molecule has 2 amide bonds. The van der Waals surface area contributed by atoms with Gasteiger partial charge in [0.15, 0.2) is 0 Å². The molecule has 1 aliphatic heterocycles. The normalized spacial score (nSPS) is 17.9. The number of hydrogen-bond acceptors (Lipinski definition) is 4. The first-order chi connectivity index (χ1) is 4.93. The monoisotopic (exact) mass is 203 g/mol. The fourth-order valence-electron chi connectivity index (χ4n) is 0.813. The van der Waals surface area contributed by atoms with Gasteiger partial charge in [0.25, 0.3) is 0 Å². The van der Waals surface area contributed by atoms with Gasteiger partial charge >= 0.3 is 39.9 Å². The molecule has 0 aromatic carbocycles. The fraction of sp³-hybridized carbons (Fsp3) is 0.500. The van der Waals surface area contributed by atoms with Crippen molar-refractivity contribution in [1.82, 2.24) is 4.31 Å². The first-order valence-corrected chi connectivity index (χ1v) is 4.16. The van der Waals surface area contributed by atoms with Crippen molar-refractivity contribution in [3.8, 4) is 0 Å². The van der Waals surface area contributed by atoms with E-state index in [1.165, 1.54) is 0 Å². The van der Waals surface area contributed by atoms with E-state index < -0.39 is 22.1 Å². The van der Waals surface area contributed by atoms with E-state index in [0.29, 0.717) is 0 Å². The van der Waals surface area contributed by atoms with Gasteiger partial charge in [0.2, 0.25) is 11.8 Å². The second kappa shape index (κ2) is 3.84. The molecule has 0 radical (unpaired) electrons. The van der Waals surface area contributed by atoms with Crippen molar-refractivity contribution in [2.45, 2.75) is 12.8 Å². The maximum absolute atomic E-state index is 10.6. The molecule has 6 nitrogen and oxygen atoms in total. The van der Waals surface area contributed by atoms with Crippen LogP contribution in [-0.4, -0.2) is 58.6 Å². The zero-order chi connectivity index (χ0) is 8.65. The van der Waals surface area contributed by atoms with Crippen molar-refractivity contribution in [2.75, 3.05) is 0 Å². The van der Waals surface area contributed by atoms with Gasteiger partial charge in [0.05, 0.1) is 0 Å². The number of carbonyl (C=O) groups excluding carboxylic acids is 2. The average molecular weight is 203 g/mol. The van der Waals surface area contributed by atoms with Crippen LogP contribution in [0.4, 0.5) is 0 Å². The second-order valence-corrected chi connectivity index (χ2v) is 3.29. The van der Waals surface area contributed by atoms with Gasteiger partial charge in [-0.25, -0.2) is 0 Å². The summed E-state index contributed by atoms with van der Waals surface area (Å²) in [4.78, 5) is 21.2. The quantitative estimate of drug-likeness (QED) is 0.311. The van der Waals surface area contributed by atoms with Crippen LogP contribution in [0, 0.1) is 0 Å². The zero-order valence-electron chi connectivity index (χ0n) is 5.35. The van der Waals surface area contributed by atoms with E-state index in [-0.39, 0.29) is 46.7 Å². The molecular weight excluding hydrogens is 197 g/mol. The van der Waals surface area contributed by atoms with E-state index in [1.807, 2.05) is 0 Å². The third-order valence-corrected chi connectivity index (χ3v) is 2.11. The van der Waals surface area contributed by atoms with Crippen molar-refractivity contribution >= 4 is 51.7 Å². The number of rotatable bonds is 1. The van der Waals surface area contributed by atoms with Gasteiger partial charge < -0.3 is 0 Å². The van der Waals surface area contributed by atoms with Crippen LogP contribution in [0.25, 0.3) is 0 Å². The van der Waals surface area contributed by atoms with Gasteiger partial charge in [-0.05, 0) is 0 Å². The van der Waals surface area contributed by atoms with Crippen LogP contribution in [-0.2, 0) is 19.9 Å². The Hall–Kier alpha value is 0.0500. The topological polar surface area (TPSA) is 91.8 Å². The summed E-state index contributed by atoms with van der Waals surface area (Å²) in [5, 5.41) is 0. The van der Waals surface area contributed by atoms with Crippen LogP contribution in [0.5, 0.6) is 0 Å². The molecule has 1 N–H and O–H groups in total. The van der Waals surface area contributed by atoms with Crippen molar-refractivity contribution in [2.24, 2.45) is 0 Å². The Morgan fingerprint density at radius 2 is 1.50 bits per heavy atom. The van der Waals surface area contributed by atoms with Gasteiger partial charge in [0.1, 0.15) is 0 Å². The Morgan fingerprint density at radius 1 is 1.17 bits per heavy atom. The van der Waals surface area contributed by atoms with Gasteiger partial charge in [-0.15, -0.1) is 0 Å². The van der Waals surface area contributed by atoms with Crippen LogP contribution in [0.3, 0.4) is 0 Å². The van der Waals surface area contributed by atoms with Crippen LogP contribution >= 0.6 is 0 Å². The molecule has 0 saturated carbocycles. The molecule has 0 spiro atoms. The first kappa shape index (κ1) is 12.0. The summed E-state index contributed by atoms with van der Waals surface area (Å²) in [6.07, 6.45) is -0.308. The Balaban J connectivity index is 0.00000121. The SMILES string of the molecule is O=C1CCC(=O)N1S(=O)(=O)O.[NaH]. The van der Waals surface area contributed by atoms with E-state index >= 15 is 0 Å². The van der Waals surface area contributed by atoms with Crippen LogP contribution in [0.2, 0.25) is 0 Å². The first-order valence-electron chi connectivity index (χ1n) is 2.76. The standard InChI is InChI=1S/C4H5NO5S.Na.H/c6-3-1-2-4(7)5(3)11(8,9)10;;/h1-2H2,(H,8,9,10);;. The summed E-state index contributed by atoms with van der Waals surface area (Å²) < 4.78 is 28.8. The molecule has 1 saturated heterocycles. The summed E-state index contributed by atoms with van der Waals surface area (Å²) in [6.45, 7) is 0. The number of amides is 2. The molecule has 1 fully saturated rings. The molecule has 8 heteroatoms. The van der Waals surface area contributed by atoms with Crippen molar-refractivity contribution in [3.05, 3.63) is 0 Å². The summed E-state index contributed by atoms with van der Waals surface area (Å²) in [7, 11) is -4.67. The molecule has 0 bridgehead atoms. The number of imide groups is 1. The van der Waals surface area contributed by atoms with Crippen LogP contribution in [0.15, 0.2) is 0 Å². The average Bonchev–Trinajstić information content (AvgIpc) is 2.08. The molecule has 64 valence electrons. The molecule has 1 aliphatic rings.